The molecular formula is C76H105N11O22S2. The molecule has 111 heavy (non-hydrogen) atoms. The lowest BCUT2D eigenvalue weighted by atomic mass is 9.87. The van der Waals surface area contributed by atoms with Gasteiger partial charge >= 0.3 is 12.1 Å². The van der Waals surface area contributed by atoms with Crippen molar-refractivity contribution in [1.82, 2.24) is 45.8 Å². The Balaban J connectivity index is 0.000000308. The molecule has 8 rings (SSSR count). The molecule has 0 saturated carbocycles. The number of carbonyl (C=O) groups excluding carboxylic acids is 6. The molecule has 2 saturated heterocycles. The number of aromatic nitrogens is 5. The standard InChI is InChI=1S/C40H55NO13S2.C36H50N10O9/c1-32-4-12-37(13-5-32)55(44,45)30-36(31-56(46,47)38-14-6-33(2)7-15-38)39(42)34-8-10-35(11-9-34)40(43)41-16-17-49-20-21-51-24-25-53-28-29-54-27-26-52-23-22-50-19-18-48-3;1-2-15-51-16-6-32(47)39-11-17-52-19-21-54-23-24-55-22-20-53-18-14-45-27-30(42-43-45)28-4-3-5-29(25-28)40-34(49)44-12-7-36(8-13-44)33(48)46(35(50)41-36)31-26-37-9-10-38-31/h4-15,36H,16-31H2,1-3H3,(H,41,43);3-5,9-10,25-27H,2,6-8,11-24H2,1H3,(H,39,47)(H,40,49)(H,41,50). The fourth-order valence-electron chi connectivity index (χ4n) is 11.0. The van der Waals surface area contributed by atoms with Gasteiger partial charge in [0, 0.05) is 81.1 Å². The summed E-state index contributed by atoms with van der Waals surface area (Å²) in [4.78, 5) is 87.8. The molecule has 2 aliphatic heterocycles. The molecule has 0 atom stereocenters. The third kappa shape index (κ3) is 32.2. The van der Waals surface area contributed by atoms with Crippen LogP contribution in [0.4, 0.5) is 21.1 Å². The van der Waals surface area contributed by atoms with Crippen molar-refractivity contribution in [3.63, 3.8) is 0 Å². The number of benzene rings is 4. The molecule has 2 aromatic heterocycles. The summed E-state index contributed by atoms with van der Waals surface area (Å²) >= 11 is 0. The molecular weight excluding hydrogens is 1480 g/mol. The Kier molecular flexibility index (Phi) is 40.1. The lowest BCUT2D eigenvalue weighted by molar-refractivity contribution is -0.123. The SMILES string of the molecule is CCCOCCC(=O)NCCOCCOCCOCCOCCn1cc(-c2cccc(NC(=O)N3CCC4(CC3)NC(=O)N(c3cnccn3)C4=O)c2)nn1.COCCOCCOCCOCCOCCOCCOCCNC(=O)c1ccc(C(=O)C(CS(=O)(=O)c2ccc(C)cc2)CS(=O)(=O)c2ccc(C)cc2)cc1. The topological polar surface area (TPSA) is 393 Å². The van der Waals surface area contributed by atoms with Crippen LogP contribution in [-0.4, -0.2) is 285 Å². The molecule has 2 aliphatic rings. The highest BCUT2D eigenvalue weighted by Gasteiger charge is 2.54. The minimum Gasteiger partial charge on any atom is -0.382 e. The maximum Gasteiger partial charge on any atom is 0.330 e. The number of anilines is 2. The third-order valence-electron chi connectivity index (χ3n) is 17.0. The monoisotopic (exact) mass is 1590 g/mol. The minimum absolute atomic E-state index is 0.00461. The van der Waals surface area contributed by atoms with Gasteiger partial charge in [0.1, 0.15) is 11.2 Å². The normalized spacial score (nSPS) is 13.5. The van der Waals surface area contributed by atoms with Crippen molar-refractivity contribution in [2.75, 3.05) is 207 Å². The largest absolute Gasteiger partial charge is 0.382 e. The first-order valence-electron chi connectivity index (χ1n) is 36.9. The molecule has 4 aromatic carbocycles. The van der Waals surface area contributed by atoms with Crippen molar-refractivity contribution >= 4 is 66.7 Å². The van der Waals surface area contributed by atoms with Crippen LogP contribution in [0.3, 0.4) is 0 Å². The quantitative estimate of drug-likeness (QED) is 0.0211. The van der Waals surface area contributed by atoms with E-state index < -0.39 is 66.3 Å². The molecule has 4 heterocycles. The number of methoxy groups -OCH3 is 1. The Morgan fingerprint density at radius 2 is 1.05 bits per heavy atom. The van der Waals surface area contributed by atoms with Gasteiger partial charge < -0.3 is 83.0 Å². The van der Waals surface area contributed by atoms with Gasteiger partial charge in [0.2, 0.25) is 5.91 Å². The summed E-state index contributed by atoms with van der Waals surface area (Å²) in [5, 5.41) is 19.7. The van der Waals surface area contributed by atoms with Gasteiger partial charge in [-0.15, -0.1) is 5.10 Å². The number of hydrogen-bond acceptors (Lipinski definition) is 26. The fourth-order valence-corrected chi connectivity index (χ4v) is 14.2. The van der Waals surface area contributed by atoms with Gasteiger partial charge in [-0.1, -0.05) is 71.8 Å². The first kappa shape index (κ1) is 89.5. The van der Waals surface area contributed by atoms with Gasteiger partial charge in [-0.05, 0) is 81.6 Å². The van der Waals surface area contributed by atoms with Crippen LogP contribution in [0.25, 0.3) is 11.3 Å². The Morgan fingerprint density at radius 1 is 0.568 bits per heavy atom. The van der Waals surface area contributed by atoms with E-state index in [1.807, 2.05) is 45.2 Å². The van der Waals surface area contributed by atoms with Crippen LogP contribution >= 0.6 is 0 Å². The molecule has 1 spiro atoms. The first-order valence-corrected chi connectivity index (χ1v) is 40.2. The molecule has 2 fully saturated rings. The number of urea groups is 2. The lowest BCUT2D eigenvalue weighted by Gasteiger charge is -2.37. The Bertz CT molecular complexity index is 3910. The van der Waals surface area contributed by atoms with Crippen molar-refractivity contribution in [3.05, 3.63) is 144 Å². The fraction of sp³-hybridized carbons (Fsp3) is 0.526. The number of sulfone groups is 2. The number of ketones is 1. The van der Waals surface area contributed by atoms with E-state index in [1.165, 1.54) is 67.1 Å². The van der Waals surface area contributed by atoms with Crippen molar-refractivity contribution < 1.29 is 102 Å². The predicted molar refractivity (Wildman–Crippen MR) is 408 cm³/mol. The van der Waals surface area contributed by atoms with E-state index in [4.69, 9.17) is 56.8 Å². The second-order valence-corrected chi connectivity index (χ2v) is 29.6. The van der Waals surface area contributed by atoms with E-state index in [0.29, 0.717) is 176 Å². The number of imide groups is 1. The Hall–Kier alpha value is -8.66. The zero-order valence-corrected chi connectivity index (χ0v) is 65.2. The number of carbonyl (C=O) groups is 6. The number of aryl methyl sites for hydroxylation is 2. The summed E-state index contributed by atoms with van der Waals surface area (Å²) in [5.74, 6) is -4.15. The molecule has 4 N–H and O–H groups in total. The number of hydrogen-bond donors (Lipinski definition) is 4. The number of nitrogens with one attached hydrogen (secondary N) is 4. The van der Waals surface area contributed by atoms with Crippen LogP contribution in [0.2, 0.25) is 0 Å². The first-order chi connectivity index (χ1) is 53.8. The molecule has 0 radical (unpaired) electrons. The van der Waals surface area contributed by atoms with E-state index in [1.54, 1.807) is 47.0 Å². The van der Waals surface area contributed by atoms with Crippen molar-refractivity contribution in [3.8, 4) is 11.3 Å². The molecule has 7 amide bonds. The van der Waals surface area contributed by atoms with Crippen molar-refractivity contribution in [2.45, 2.75) is 68.3 Å². The van der Waals surface area contributed by atoms with Crippen LogP contribution in [0, 0.1) is 19.8 Å². The summed E-state index contributed by atoms with van der Waals surface area (Å²) in [5.41, 5.74) is 2.98. The van der Waals surface area contributed by atoms with Crippen LogP contribution in [0.15, 0.2) is 132 Å². The van der Waals surface area contributed by atoms with Gasteiger partial charge in [-0.3, -0.25) is 24.2 Å². The van der Waals surface area contributed by atoms with Gasteiger partial charge in [-0.25, -0.2) is 41.0 Å². The Morgan fingerprint density at radius 3 is 1.56 bits per heavy atom. The van der Waals surface area contributed by atoms with E-state index in [0.717, 1.165) is 28.0 Å². The van der Waals surface area contributed by atoms with Crippen molar-refractivity contribution in [1.29, 1.82) is 0 Å². The predicted octanol–water partition coefficient (Wildman–Crippen LogP) is 5.38. The maximum absolute atomic E-state index is 13.7. The average molecular weight is 1590 g/mol. The summed E-state index contributed by atoms with van der Waals surface area (Å²) in [6.45, 7) is 17.7. The number of nitrogens with zero attached hydrogens (tertiary/aromatic N) is 7. The molecule has 33 nitrogen and oxygen atoms in total. The second kappa shape index (κ2) is 49.7. The highest BCUT2D eigenvalue weighted by Crippen LogP contribution is 2.32. The van der Waals surface area contributed by atoms with Gasteiger partial charge in [-0.2, -0.15) is 0 Å². The zero-order valence-electron chi connectivity index (χ0n) is 63.6. The van der Waals surface area contributed by atoms with Gasteiger partial charge in [0.15, 0.2) is 31.3 Å². The van der Waals surface area contributed by atoms with Gasteiger partial charge in [0.05, 0.1) is 192 Å². The summed E-state index contributed by atoms with van der Waals surface area (Å²) in [7, 11) is -6.44. The molecule has 35 heteroatoms. The van der Waals surface area contributed by atoms with Crippen molar-refractivity contribution in [2.24, 2.45) is 5.92 Å². The molecule has 608 valence electrons. The summed E-state index contributed by atoms with van der Waals surface area (Å²) < 4.78 is 120. The van der Waals surface area contributed by atoms with Crippen LogP contribution in [0.5, 0.6) is 0 Å². The average Bonchev–Trinajstić information content (AvgIpc) is 1.61. The molecule has 0 aliphatic carbocycles. The van der Waals surface area contributed by atoms with Crippen LogP contribution in [0.1, 0.15) is 64.4 Å². The van der Waals surface area contributed by atoms with E-state index in [9.17, 15) is 45.6 Å². The Labute approximate surface area is 648 Å². The zero-order chi connectivity index (χ0) is 79.4. The third-order valence-corrected chi connectivity index (χ3v) is 20.7. The second-order valence-electron chi connectivity index (χ2n) is 25.5. The lowest BCUT2D eigenvalue weighted by Crippen LogP contribution is -2.56. The summed E-state index contributed by atoms with van der Waals surface area (Å²) in [6.07, 6.45) is 7.89. The van der Waals surface area contributed by atoms with E-state index >= 15 is 0 Å². The van der Waals surface area contributed by atoms with Crippen LogP contribution < -0.4 is 26.2 Å². The smallest absolute Gasteiger partial charge is 0.330 e. The molecule has 6 aromatic rings. The highest BCUT2D eigenvalue weighted by molar-refractivity contribution is 7.92. The number of amides is 7. The maximum atomic E-state index is 13.7. The molecule has 0 unspecified atom stereocenters. The minimum atomic E-state index is -4.03. The van der Waals surface area contributed by atoms with E-state index in [2.05, 4.69) is 41.5 Å². The number of rotatable bonds is 53. The molecule has 0 bridgehead atoms. The van der Waals surface area contributed by atoms with Gasteiger partial charge in [0.25, 0.3) is 11.8 Å². The number of piperidine rings is 1. The van der Waals surface area contributed by atoms with E-state index in [-0.39, 0.29) is 77.8 Å². The van der Waals surface area contributed by atoms with Crippen LogP contribution in [-0.2, 0) is 92.7 Å². The number of likely N-dealkylation sites (tertiary alicyclic amines) is 1. The number of Topliss-reactive ketones (excluding diaryl/α,β-unsaturated/α-hetero) is 1. The number of ether oxygens (including phenoxy) is 12. The summed E-state index contributed by atoms with van der Waals surface area (Å²) in [6, 6.07) is 24.4. The highest BCUT2D eigenvalue weighted by atomic mass is 32.2.